The molecule has 0 bridgehead atoms. The number of imidazole rings is 1. The van der Waals surface area contributed by atoms with E-state index in [1.54, 1.807) is 18.3 Å². The van der Waals surface area contributed by atoms with Gasteiger partial charge < -0.3 is 14.2 Å². The summed E-state index contributed by atoms with van der Waals surface area (Å²) in [5, 5.41) is 0. The molecule has 0 saturated carbocycles. The van der Waals surface area contributed by atoms with E-state index in [1.165, 1.54) is 6.07 Å². The van der Waals surface area contributed by atoms with Crippen molar-refractivity contribution in [3.8, 4) is 11.4 Å². The average Bonchev–Trinajstić information content (AvgIpc) is 3.46. The Balaban J connectivity index is 1.45. The molecule has 2 saturated heterocycles. The summed E-state index contributed by atoms with van der Waals surface area (Å²) in [6, 6.07) is 7.16. The molecule has 8 heteroatoms. The maximum atomic E-state index is 14.5. The lowest BCUT2D eigenvalue weighted by atomic mass is 9.95. The van der Waals surface area contributed by atoms with Crippen LogP contribution in [0, 0.1) is 24.4 Å². The van der Waals surface area contributed by atoms with Crippen molar-refractivity contribution in [3.63, 3.8) is 0 Å². The molecule has 3 heterocycles. The Bertz CT molecular complexity index is 1300. The summed E-state index contributed by atoms with van der Waals surface area (Å²) >= 11 is 0. The Kier molecular flexibility index (Phi) is 5.67. The number of rotatable bonds is 4. The van der Waals surface area contributed by atoms with E-state index in [4.69, 9.17) is 4.74 Å². The molecule has 0 radical (unpaired) electrons. The van der Waals surface area contributed by atoms with Gasteiger partial charge in [-0.3, -0.25) is 4.79 Å². The largest absolute Gasteiger partial charge is 0.495 e. The minimum absolute atomic E-state index is 0.0256. The number of nitrogens with zero attached hydrogens (tertiary/aromatic N) is 3. The number of methoxy groups -OCH3 is 1. The van der Waals surface area contributed by atoms with Crippen molar-refractivity contribution in [2.24, 2.45) is 0 Å². The van der Waals surface area contributed by atoms with E-state index in [0.717, 1.165) is 29.4 Å². The van der Waals surface area contributed by atoms with Crippen LogP contribution in [-0.4, -0.2) is 33.5 Å². The SMILES string of the molecule is COc1cc(C=C2CC[C@H]3CC[C@@H](c4ccc(F)c(F)c4F)N3C2=O)ccc1-n1cnc(C)c1. The summed E-state index contributed by atoms with van der Waals surface area (Å²) in [5.74, 6) is -3.51. The van der Waals surface area contributed by atoms with Gasteiger partial charge in [-0.1, -0.05) is 12.1 Å². The third-order valence-corrected chi connectivity index (χ3v) is 6.72. The van der Waals surface area contributed by atoms with Crippen LogP contribution in [0.25, 0.3) is 11.8 Å². The van der Waals surface area contributed by atoms with Crippen molar-refractivity contribution in [2.75, 3.05) is 7.11 Å². The summed E-state index contributed by atoms with van der Waals surface area (Å²) in [7, 11) is 1.58. The first-order valence-electron chi connectivity index (χ1n) is 11.2. The van der Waals surface area contributed by atoms with Crippen molar-refractivity contribution in [1.29, 1.82) is 0 Å². The predicted molar refractivity (Wildman–Crippen MR) is 121 cm³/mol. The van der Waals surface area contributed by atoms with E-state index < -0.39 is 23.5 Å². The van der Waals surface area contributed by atoms with Crippen LogP contribution in [0.4, 0.5) is 13.2 Å². The average molecular weight is 467 g/mol. The molecule has 2 aliphatic heterocycles. The zero-order chi connectivity index (χ0) is 24.0. The monoisotopic (exact) mass is 467 g/mol. The van der Waals surface area contributed by atoms with E-state index in [0.29, 0.717) is 30.6 Å². The fourth-order valence-corrected chi connectivity index (χ4v) is 5.06. The Morgan fingerprint density at radius 3 is 2.65 bits per heavy atom. The van der Waals surface area contributed by atoms with Gasteiger partial charge in [0.05, 0.1) is 30.9 Å². The molecule has 3 aromatic rings. The van der Waals surface area contributed by atoms with Gasteiger partial charge in [-0.25, -0.2) is 18.2 Å². The van der Waals surface area contributed by atoms with Crippen molar-refractivity contribution >= 4 is 12.0 Å². The summed E-state index contributed by atoms with van der Waals surface area (Å²) in [4.78, 5) is 19.3. The van der Waals surface area contributed by atoms with Crippen LogP contribution in [0.15, 0.2) is 48.4 Å². The Morgan fingerprint density at radius 1 is 1.09 bits per heavy atom. The highest BCUT2D eigenvalue weighted by Crippen LogP contribution is 2.43. The number of hydrogen-bond acceptors (Lipinski definition) is 3. The number of benzene rings is 2. The van der Waals surface area contributed by atoms with Gasteiger partial charge in [0.2, 0.25) is 0 Å². The topological polar surface area (TPSA) is 47.4 Å². The lowest BCUT2D eigenvalue weighted by Crippen LogP contribution is -2.42. The molecule has 2 atom stereocenters. The van der Waals surface area contributed by atoms with Gasteiger partial charge in [0.1, 0.15) is 5.75 Å². The Hall–Kier alpha value is -3.55. The normalized spacial score (nSPS) is 21.3. The van der Waals surface area contributed by atoms with Crippen LogP contribution in [0.1, 0.15) is 48.5 Å². The highest BCUT2D eigenvalue weighted by molar-refractivity contribution is 5.99. The first-order valence-corrected chi connectivity index (χ1v) is 11.2. The number of ether oxygens (including phenoxy) is 1. The maximum Gasteiger partial charge on any atom is 0.250 e. The molecule has 1 aromatic heterocycles. The molecule has 2 aromatic carbocycles. The van der Waals surface area contributed by atoms with Crippen molar-refractivity contribution in [3.05, 3.63) is 82.7 Å². The molecule has 0 spiro atoms. The first kappa shape index (κ1) is 22.3. The summed E-state index contributed by atoms with van der Waals surface area (Å²) in [5.41, 5.74) is 3.13. The van der Waals surface area contributed by atoms with Gasteiger partial charge >= 0.3 is 0 Å². The maximum absolute atomic E-state index is 14.5. The lowest BCUT2D eigenvalue weighted by molar-refractivity contribution is -0.132. The Labute approximate surface area is 195 Å². The standard InChI is InChI=1S/C26H24F3N3O2/c1-15-13-31(14-30-15)22-9-3-16(12-23(22)34-2)11-17-4-5-18-6-10-21(32(18)26(17)33)19-7-8-20(27)25(29)24(19)28/h3,7-9,11-14,18,21H,4-6,10H2,1-2H3/t18-,21-/m0/s1. The van der Waals surface area contributed by atoms with Crippen LogP contribution in [0.2, 0.25) is 0 Å². The van der Waals surface area contributed by atoms with Crippen molar-refractivity contribution in [2.45, 2.75) is 44.7 Å². The number of amides is 1. The Morgan fingerprint density at radius 2 is 1.91 bits per heavy atom. The molecule has 0 aliphatic carbocycles. The van der Waals surface area contributed by atoms with Gasteiger partial charge in [-0.15, -0.1) is 0 Å². The number of halogens is 3. The predicted octanol–water partition coefficient (Wildman–Crippen LogP) is 5.52. The minimum Gasteiger partial charge on any atom is -0.495 e. The molecular weight excluding hydrogens is 443 g/mol. The highest BCUT2D eigenvalue weighted by atomic mass is 19.2. The van der Waals surface area contributed by atoms with E-state index in [-0.39, 0.29) is 17.5 Å². The van der Waals surface area contributed by atoms with Crippen LogP contribution in [0.3, 0.4) is 0 Å². The minimum atomic E-state index is -1.50. The van der Waals surface area contributed by atoms with Gasteiger partial charge in [-0.2, -0.15) is 0 Å². The van der Waals surface area contributed by atoms with Gasteiger partial charge in [0.15, 0.2) is 17.5 Å². The number of carbonyl (C=O) groups is 1. The molecule has 5 rings (SSSR count). The van der Waals surface area contributed by atoms with Crippen LogP contribution in [-0.2, 0) is 4.79 Å². The van der Waals surface area contributed by atoms with Gasteiger partial charge in [0.25, 0.3) is 5.91 Å². The summed E-state index contributed by atoms with van der Waals surface area (Å²) in [6.45, 7) is 1.90. The fraction of sp³-hybridized carbons (Fsp3) is 0.308. The number of aryl methyl sites for hydroxylation is 1. The van der Waals surface area contributed by atoms with Crippen molar-refractivity contribution < 1.29 is 22.7 Å². The third-order valence-electron chi connectivity index (χ3n) is 6.72. The zero-order valence-corrected chi connectivity index (χ0v) is 18.9. The third kappa shape index (κ3) is 3.77. The van der Waals surface area contributed by atoms with E-state index in [9.17, 15) is 18.0 Å². The number of fused-ring (bicyclic) bond motifs is 1. The van der Waals surface area contributed by atoms with E-state index in [1.807, 2.05) is 42.0 Å². The van der Waals surface area contributed by atoms with Gasteiger partial charge in [-0.05, 0) is 62.4 Å². The number of hydrogen-bond donors (Lipinski definition) is 0. The second-order valence-corrected chi connectivity index (χ2v) is 8.79. The molecule has 0 unspecified atom stereocenters. The molecule has 2 fully saturated rings. The van der Waals surface area contributed by atoms with E-state index in [2.05, 4.69) is 4.98 Å². The van der Waals surface area contributed by atoms with Gasteiger partial charge in [0, 0.05) is 23.4 Å². The van der Waals surface area contributed by atoms with E-state index >= 15 is 0 Å². The first-order chi connectivity index (χ1) is 16.4. The highest BCUT2D eigenvalue weighted by Gasteiger charge is 2.42. The number of carbonyl (C=O) groups excluding carboxylic acids is 1. The second-order valence-electron chi connectivity index (χ2n) is 8.79. The molecule has 5 nitrogen and oxygen atoms in total. The molecule has 1 amide bonds. The molecule has 0 N–H and O–H groups in total. The number of piperidine rings is 1. The van der Waals surface area contributed by atoms with Crippen molar-refractivity contribution in [1.82, 2.24) is 14.5 Å². The van der Waals surface area contributed by atoms with Crippen LogP contribution < -0.4 is 4.74 Å². The molecule has 176 valence electrons. The molecule has 34 heavy (non-hydrogen) atoms. The summed E-state index contributed by atoms with van der Waals surface area (Å²) in [6.07, 6.45) is 7.97. The lowest BCUT2D eigenvalue weighted by Gasteiger charge is -2.35. The smallest absolute Gasteiger partial charge is 0.250 e. The van der Waals surface area contributed by atoms with Crippen LogP contribution >= 0.6 is 0 Å². The quantitative estimate of drug-likeness (QED) is 0.375. The molecule has 2 aliphatic rings. The molecular formula is C26H24F3N3O2. The summed E-state index contributed by atoms with van der Waals surface area (Å²) < 4.78 is 49.3. The van der Waals surface area contributed by atoms with Crippen LogP contribution in [0.5, 0.6) is 5.75 Å². The fourth-order valence-electron chi connectivity index (χ4n) is 5.06. The zero-order valence-electron chi connectivity index (χ0n) is 18.9. The second kappa shape index (κ2) is 8.66. The number of aromatic nitrogens is 2.